The molecule has 0 fully saturated rings. The molecule has 0 bridgehead atoms. The molecule has 0 radical (unpaired) electrons. The number of ether oxygens (including phenoxy) is 1. The Balaban J connectivity index is 4.71. The molecule has 0 saturated heterocycles. The first-order valence-electron chi connectivity index (χ1n) is 6.15. The number of hydrogen-bond donors (Lipinski definition) is 0. The molecule has 7 heteroatoms. The molecule has 0 aromatic carbocycles. The second kappa shape index (κ2) is 6.31. The van der Waals surface area contributed by atoms with Crippen LogP contribution >= 0.6 is 10.7 Å². The largest absolute Gasteiger partial charge is 0.444 e. The van der Waals surface area contributed by atoms with E-state index in [9.17, 15) is 13.2 Å². The Bertz CT molecular complexity index is 406. The van der Waals surface area contributed by atoms with Gasteiger partial charge in [-0.2, -0.15) is 0 Å². The molecule has 0 spiro atoms. The van der Waals surface area contributed by atoms with Crippen molar-refractivity contribution in [3.05, 3.63) is 0 Å². The van der Waals surface area contributed by atoms with E-state index in [-0.39, 0.29) is 18.7 Å². The average Bonchev–Trinajstić information content (AvgIpc) is 2.04. The number of nitrogens with zero attached hydrogens (tertiary/aromatic N) is 1. The Morgan fingerprint density at radius 2 is 1.63 bits per heavy atom. The van der Waals surface area contributed by atoms with Crippen molar-refractivity contribution in [1.82, 2.24) is 4.90 Å². The zero-order valence-corrected chi connectivity index (χ0v) is 14.1. The van der Waals surface area contributed by atoms with Gasteiger partial charge < -0.3 is 9.64 Å². The molecular formula is C12H24ClNO4S. The van der Waals surface area contributed by atoms with Crippen molar-refractivity contribution in [2.24, 2.45) is 0 Å². The number of amides is 1. The third-order valence-electron chi connectivity index (χ3n) is 2.19. The van der Waals surface area contributed by atoms with Gasteiger partial charge in [-0.25, -0.2) is 13.2 Å². The van der Waals surface area contributed by atoms with Gasteiger partial charge in [-0.15, -0.1) is 0 Å². The fourth-order valence-electron chi connectivity index (χ4n) is 1.41. The van der Waals surface area contributed by atoms with Gasteiger partial charge in [-0.05, 0) is 48.0 Å². The zero-order valence-electron chi connectivity index (χ0n) is 12.5. The summed E-state index contributed by atoms with van der Waals surface area (Å²) in [5.74, 6) is -0.163. The van der Waals surface area contributed by atoms with Crippen LogP contribution in [0.2, 0.25) is 0 Å². The third-order valence-corrected chi connectivity index (χ3v) is 3.43. The van der Waals surface area contributed by atoms with Crippen LogP contribution in [-0.2, 0) is 13.8 Å². The van der Waals surface area contributed by atoms with Crippen LogP contribution in [0.25, 0.3) is 0 Å². The van der Waals surface area contributed by atoms with Crippen LogP contribution in [0.4, 0.5) is 4.79 Å². The van der Waals surface area contributed by atoms with E-state index in [1.54, 1.807) is 20.8 Å². The minimum Gasteiger partial charge on any atom is -0.444 e. The van der Waals surface area contributed by atoms with E-state index in [0.29, 0.717) is 0 Å². The normalized spacial score (nSPS) is 13.2. The number of carbonyl (C=O) groups is 1. The van der Waals surface area contributed by atoms with Crippen molar-refractivity contribution in [1.29, 1.82) is 0 Å². The smallest absolute Gasteiger partial charge is 0.410 e. The SMILES string of the molecule is CC(C)(C)OC(=O)N(CCCS(=O)(=O)Cl)C(C)(C)C. The van der Waals surface area contributed by atoms with Gasteiger partial charge in [0.1, 0.15) is 5.60 Å². The lowest BCUT2D eigenvalue weighted by molar-refractivity contribution is 0.00639. The molecule has 0 saturated carbocycles. The van der Waals surface area contributed by atoms with Crippen molar-refractivity contribution in [2.75, 3.05) is 12.3 Å². The lowest BCUT2D eigenvalue weighted by atomic mass is 10.1. The summed E-state index contributed by atoms with van der Waals surface area (Å²) >= 11 is 0. The maximum absolute atomic E-state index is 12.1. The first-order chi connectivity index (χ1) is 8.22. The zero-order chi connectivity index (χ0) is 15.5. The van der Waals surface area contributed by atoms with E-state index in [1.807, 2.05) is 20.8 Å². The molecule has 5 nitrogen and oxygen atoms in total. The van der Waals surface area contributed by atoms with Gasteiger partial charge in [0.15, 0.2) is 0 Å². The highest BCUT2D eigenvalue weighted by Gasteiger charge is 2.30. The first kappa shape index (κ1) is 18.5. The van der Waals surface area contributed by atoms with Crippen molar-refractivity contribution >= 4 is 25.8 Å². The molecule has 0 aromatic heterocycles. The fourth-order valence-corrected chi connectivity index (χ4v) is 2.21. The Morgan fingerprint density at radius 3 is 1.95 bits per heavy atom. The van der Waals surface area contributed by atoms with Gasteiger partial charge in [0.05, 0.1) is 5.75 Å². The highest BCUT2D eigenvalue weighted by Crippen LogP contribution is 2.19. The molecule has 0 aliphatic heterocycles. The Hall–Kier alpha value is -0.490. The Morgan fingerprint density at radius 1 is 1.16 bits per heavy atom. The van der Waals surface area contributed by atoms with Crippen molar-refractivity contribution < 1.29 is 17.9 Å². The van der Waals surface area contributed by atoms with Crippen LogP contribution in [0.15, 0.2) is 0 Å². The second-order valence-electron chi connectivity index (χ2n) is 6.40. The maximum atomic E-state index is 12.1. The number of halogens is 1. The standard InChI is InChI=1S/C12H24ClNO4S/c1-11(2,3)14(8-7-9-19(13,16)17)10(15)18-12(4,5)6/h7-9H2,1-6H3. The Kier molecular flexibility index (Phi) is 6.14. The van der Waals surface area contributed by atoms with Crippen LogP contribution in [0.5, 0.6) is 0 Å². The van der Waals surface area contributed by atoms with E-state index in [0.717, 1.165) is 0 Å². The molecule has 0 aromatic rings. The summed E-state index contributed by atoms with van der Waals surface area (Å²) in [5.41, 5.74) is -1.03. The summed E-state index contributed by atoms with van der Waals surface area (Å²) in [5, 5.41) is 0. The van der Waals surface area contributed by atoms with E-state index in [2.05, 4.69) is 0 Å². The number of carbonyl (C=O) groups excluding carboxylic acids is 1. The minimum absolute atomic E-state index is 0.163. The topological polar surface area (TPSA) is 63.7 Å². The van der Waals surface area contributed by atoms with Gasteiger partial charge in [-0.3, -0.25) is 0 Å². The number of rotatable bonds is 4. The molecule has 1 amide bonds. The molecule has 0 aliphatic carbocycles. The lowest BCUT2D eigenvalue weighted by Crippen LogP contribution is -2.48. The molecule has 114 valence electrons. The molecule has 0 aliphatic rings. The summed E-state index contributed by atoms with van der Waals surface area (Å²) in [6.45, 7) is 11.2. The summed E-state index contributed by atoms with van der Waals surface area (Å²) in [4.78, 5) is 13.6. The van der Waals surface area contributed by atoms with Gasteiger partial charge in [0.2, 0.25) is 9.05 Å². The van der Waals surface area contributed by atoms with Gasteiger partial charge in [0, 0.05) is 22.8 Å². The van der Waals surface area contributed by atoms with Crippen molar-refractivity contribution in [2.45, 2.75) is 59.1 Å². The highest BCUT2D eigenvalue weighted by atomic mass is 35.7. The predicted octanol–water partition coefficient (Wildman–Crippen LogP) is 2.98. The summed E-state index contributed by atoms with van der Waals surface area (Å²) in [6, 6.07) is 0. The molecule has 0 unspecified atom stereocenters. The summed E-state index contributed by atoms with van der Waals surface area (Å²) in [6.07, 6.45) is -0.172. The van der Waals surface area contributed by atoms with E-state index >= 15 is 0 Å². The molecule has 0 heterocycles. The summed E-state index contributed by atoms with van der Waals surface area (Å²) in [7, 11) is 1.62. The van der Waals surface area contributed by atoms with Crippen LogP contribution in [0, 0.1) is 0 Å². The average molecular weight is 314 g/mol. The monoisotopic (exact) mass is 313 g/mol. The van der Waals surface area contributed by atoms with E-state index < -0.39 is 26.3 Å². The van der Waals surface area contributed by atoms with E-state index in [1.165, 1.54) is 4.90 Å². The molecular weight excluding hydrogens is 290 g/mol. The summed E-state index contributed by atoms with van der Waals surface area (Å²) < 4.78 is 27.1. The van der Waals surface area contributed by atoms with Gasteiger partial charge in [0.25, 0.3) is 0 Å². The molecule has 0 atom stereocenters. The van der Waals surface area contributed by atoms with E-state index in [4.69, 9.17) is 15.4 Å². The van der Waals surface area contributed by atoms with Gasteiger partial charge in [-0.1, -0.05) is 0 Å². The maximum Gasteiger partial charge on any atom is 0.410 e. The lowest BCUT2D eigenvalue weighted by Gasteiger charge is -2.36. The van der Waals surface area contributed by atoms with Gasteiger partial charge >= 0.3 is 6.09 Å². The number of hydrogen-bond acceptors (Lipinski definition) is 4. The fraction of sp³-hybridized carbons (Fsp3) is 0.917. The van der Waals surface area contributed by atoms with Crippen LogP contribution in [-0.4, -0.2) is 42.8 Å². The van der Waals surface area contributed by atoms with Crippen LogP contribution in [0.3, 0.4) is 0 Å². The molecule has 19 heavy (non-hydrogen) atoms. The van der Waals surface area contributed by atoms with Crippen molar-refractivity contribution in [3.8, 4) is 0 Å². The predicted molar refractivity (Wildman–Crippen MR) is 76.9 cm³/mol. The first-order valence-corrected chi connectivity index (χ1v) is 8.63. The van der Waals surface area contributed by atoms with Crippen molar-refractivity contribution in [3.63, 3.8) is 0 Å². The molecule has 0 N–H and O–H groups in total. The van der Waals surface area contributed by atoms with Crippen LogP contribution < -0.4 is 0 Å². The Labute approximate surface area is 120 Å². The third kappa shape index (κ3) is 9.10. The molecule has 0 rings (SSSR count). The van der Waals surface area contributed by atoms with Crippen LogP contribution in [0.1, 0.15) is 48.0 Å². The second-order valence-corrected chi connectivity index (χ2v) is 9.30. The highest BCUT2D eigenvalue weighted by molar-refractivity contribution is 8.13. The minimum atomic E-state index is -3.53. The quantitative estimate of drug-likeness (QED) is 0.748.